The minimum atomic E-state index is -4.81. The number of alkyl halides is 3. The average Bonchev–Trinajstić information content (AvgIpc) is 3.69. The lowest BCUT2D eigenvalue weighted by Gasteiger charge is -2.38. The number of fused-ring (bicyclic) bond motifs is 1. The van der Waals surface area contributed by atoms with Crippen LogP contribution in [0.1, 0.15) is 46.6 Å². The molecule has 2 fully saturated rings. The molecule has 0 spiro atoms. The first kappa shape index (κ1) is 28.8. The fraction of sp³-hybridized carbons (Fsp3) is 0.481. The van der Waals surface area contributed by atoms with E-state index in [0.29, 0.717) is 29.3 Å². The summed E-state index contributed by atoms with van der Waals surface area (Å²) in [6.45, 7) is 4.76. The van der Waals surface area contributed by atoms with E-state index in [4.69, 9.17) is 4.98 Å². The monoisotopic (exact) mass is 621 g/mol. The zero-order chi connectivity index (χ0) is 30.0. The molecule has 1 N–H and O–H groups in total. The lowest BCUT2D eigenvalue weighted by atomic mass is 10.1. The molecule has 0 aromatic carbocycles. The Morgan fingerprint density at radius 1 is 1.10 bits per heavy atom. The van der Waals surface area contributed by atoms with Crippen LogP contribution in [-0.2, 0) is 16.0 Å². The maximum atomic E-state index is 14.1. The van der Waals surface area contributed by atoms with Gasteiger partial charge in [-0.15, -0.1) is 11.3 Å². The van der Waals surface area contributed by atoms with Crippen molar-refractivity contribution >= 4 is 44.5 Å². The van der Waals surface area contributed by atoms with Crippen molar-refractivity contribution in [3.63, 3.8) is 0 Å². The van der Waals surface area contributed by atoms with Crippen LogP contribution < -0.4 is 10.2 Å². The number of aromatic nitrogens is 3. The number of pyridine rings is 1. The zero-order valence-corrected chi connectivity index (χ0v) is 24.9. The smallest absolute Gasteiger partial charge is 0.354 e. The number of carbonyl (C=O) groups excluding carboxylic acids is 1. The number of carbonyl (C=O) groups is 1. The van der Waals surface area contributed by atoms with Crippen molar-refractivity contribution in [2.24, 2.45) is 0 Å². The third-order valence-electron chi connectivity index (χ3n) is 8.00. The molecule has 15 heteroatoms. The van der Waals surface area contributed by atoms with Gasteiger partial charge in [0, 0.05) is 51.4 Å². The molecule has 0 bridgehead atoms. The number of anilines is 3. The van der Waals surface area contributed by atoms with Crippen LogP contribution in [0.15, 0.2) is 29.3 Å². The fourth-order valence-corrected chi connectivity index (χ4v) is 8.17. The lowest BCUT2D eigenvalue weighted by molar-refractivity contribution is -0.137. The molecular weight excluding hydrogens is 591 g/mol. The Labute approximate surface area is 245 Å². The highest BCUT2D eigenvalue weighted by molar-refractivity contribution is 7.91. The van der Waals surface area contributed by atoms with Crippen LogP contribution in [0.3, 0.4) is 0 Å². The quantitative estimate of drug-likeness (QED) is 0.447. The third kappa shape index (κ3) is 5.44. The SMILES string of the molecule is C[C@@H]1CN(c2ccc(Nc3ncc(C(F)(F)F)c(-c4cc5c(s4)C(=O)N(C)CCS5(=O)=O)n3)c(C3CC3)n2)CCN1C. The summed E-state index contributed by atoms with van der Waals surface area (Å²) >= 11 is 0.688. The van der Waals surface area contributed by atoms with E-state index in [0.717, 1.165) is 50.1 Å². The Morgan fingerprint density at radius 3 is 2.55 bits per heavy atom. The first-order valence-corrected chi connectivity index (χ1v) is 16.1. The molecule has 1 amide bonds. The highest BCUT2D eigenvalue weighted by Crippen LogP contribution is 2.45. The van der Waals surface area contributed by atoms with Crippen LogP contribution in [0.5, 0.6) is 0 Å². The van der Waals surface area contributed by atoms with E-state index in [1.54, 1.807) is 0 Å². The molecule has 2 aliphatic heterocycles. The van der Waals surface area contributed by atoms with Gasteiger partial charge in [0.2, 0.25) is 5.95 Å². The number of hydrogen-bond acceptors (Lipinski definition) is 10. The molecule has 42 heavy (non-hydrogen) atoms. The minimum Gasteiger partial charge on any atom is -0.354 e. The second-order valence-corrected chi connectivity index (χ2v) is 14.2. The molecule has 1 saturated heterocycles. The van der Waals surface area contributed by atoms with Crippen LogP contribution in [0.25, 0.3) is 10.6 Å². The summed E-state index contributed by atoms with van der Waals surface area (Å²) < 4.78 is 67.9. The fourth-order valence-electron chi connectivity index (χ4n) is 5.14. The second kappa shape index (κ2) is 10.5. The maximum Gasteiger partial charge on any atom is 0.420 e. The van der Waals surface area contributed by atoms with Crippen molar-refractivity contribution in [2.75, 3.05) is 56.2 Å². The number of nitrogens with one attached hydrogen (secondary N) is 1. The number of thiophene rings is 1. The molecule has 3 aliphatic rings. The van der Waals surface area contributed by atoms with Gasteiger partial charge in [0.15, 0.2) is 9.84 Å². The molecular formula is C27H30F3N7O3S2. The van der Waals surface area contributed by atoms with Crippen molar-refractivity contribution in [1.29, 1.82) is 0 Å². The van der Waals surface area contributed by atoms with Gasteiger partial charge in [0.05, 0.1) is 32.6 Å². The van der Waals surface area contributed by atoms with Gasteiger partial charge in [-0.25, -0.2) is 23.4 Å². The first-order valence-electron chi connectivity index (χ1n) is 13.6. The molecule has 3 aromatic rings. The molecule has 0 unspecified atom stereocenters. The van der Waals surface area contributed by atoms with Crippen molar-refractivity contribution in [3.05, 3.63) is 40.5 Å². The molecule has 1 saturated carbocycles. The van der Waals surface area contributed by atoms with Gasteiger partial charge in [0.25, 0.3) is 5.91 Å². The summed E-state index contributed by atoms with van der Waals surface area (Å²) in [5, 5.41) is 3.06. The van der Waals surface area contributed by atoms with Gasteiger partial charge in [-0.2, -0.15) is 13.2 Å². The standard InChI is InChI=1S/C27H30F3N7O3S2/c1-15-14-37(9-8-35(15)2)21-7-6-18(22(33-21)16-4-5-16)32-26-31-13-17(27(28,29)30)23(34-26)19-12-20-24(41-19)25(38)36(3)10-11-42(20,39)40/h6-7,12-13,15-16H,4-5,8-11,14H2,1-3H3,(H,31,32,34)/t15-/m1/s1. The molecule has 0 radical (unpaired) electrons. The number of hydrogen-bond donors (Lipinski definition) is 1. The number of likely N-dealkylation sites (N-methyl/N-ethyl adjacent to an activating group) is 1. The van der Waals surface area contributed by atoms with Gasteiger partial charge in [-0.1, -0.05) is 0 Å². The predicted molar refractivity (Wildman–Crippen MR) is 153 cm³/mol. The normalized spacial score (nSPS) is 21.3. The third-order valence-corrected chi connectivity index (χ3v) is 11.0. The van der Waals surface area contributed by atoms with E-state index < -0.39 is 33.2 Å². The number of piperazine rings is 1. The van der Waals surface area contributed by atoms with E-state index in [1.807, 2.05) is 12.1 Å². The van der Waals surface area contributed by atoms with Crippen molar-refractivity contribution in [2.45, 2.75) is 42.8 Å². The van der Waals surface area contributed by atoms with Gasteiger partial charge < -0.3 is 20.0 Å². The summed E-state index contributed by atoms with van der Waals surface area (Å²) in [6, 6.07) is 5.24. The van der Waals surface area contributed by atoms with Crippen molar-refractivity contribution in [1.82, 2.24) is 24.8 Å². The van der Waals surface area contributed by atoms with Gasteiger partial charge >= 0.3 is 6.18 Å². The Morgan fingerprint density at radius 2 is 1.86 bits per heavy atom. The molecule has 224 valence electrons. The van der Waals surface area contributed by atoms with Crippen LogP contribution in [0, 0.1) is 0 Å². The highest BCUT2D eigenvalue weighted by Gasteiger charge is 2.38. The Bertz CT molecular complexity index is 1660. The topological polar surface area (TPSA) is 112 Å². The lowest BCUT2D eigenvalue weighted by Crippen LogP contribution is -2.50. The molecule has 5 heterocycles. The number of halogens is 3. The Balaban J connectivity index is 1.37. The van der Waals surface area contributed by atoms with Gasteiger partial charge in [-0.3, -0.25) is 4.79 Å². The molecule has 3 aromatic heterocycles. The average molecular weight is 622 g/mol. The first-order chi connectivity index (χ1) is 19.8. The van der Waals surface area contributed by atoms with Crippen molar-refractivity contribution in [3.8, 4) is 10.6 Å². The van der Waals surface area contributed by atoms with E-state index in [2.05, 4.69) is 39.1 Å². The van der Waals surface area contributed by atoms with Crippen molar-refractivity contribution < 1.29 is 26.4 Å². The van der Waals surface area contributed by atoms with E-state index in [1.165, 1.54) is 11.9 Å². The van der Waals surface area contributed by atoms with Gasteiger partial charge in [-0.05, 0) is 45.0 Å². The van der Waals surface area contributed by atoms with Gasteiger partial charge in [0.1, 0.15) is 16.3 Å². The minimum absolute atomic E-state index is 0.00272. The molecule has 1 aliphatic carbocycles. The van der Waals surface area contributed by atoms with Crippen LogP contribution in [0.4, 0.5) is 30.6 Å². The van der Waals surface area contributed by atoms with Crippen LogP contribution >= 0.6 is 11.3 Å². The van der Waals surface area contributed by atoms with E-state index >= 15 is 0 Å². The largest absolute Gasteiger partial charge is 0.420 e. The Kier molecular flexibility index (Phi) is 7.17. The zero-order valence-electron chi connectivity index (χ0n) is 23.3. The molecule has 6 rings (SSSR count). The predicted octanol–water partition coefficient (Wildman–Crippen LogP) is 4.24. The molecule has 10 nitrogen and oxygen atoms in total. The number of sulfone groups is 1. The number of nitrogens with zero attached hydrogens (tertiary/aromatic N) is 6. The highest BCUT2D eigenvalue weighted by atomic mass is 32.2. The summed E-state index contributed by atoms with van der Waals surface area (Å²) in [7, 11) is -0.319. The van der Waals surface area contributed by atoms with Crippen LogP contribution in [-0.4, -0.2) is 91.1 Å². The maximum absolute atomic E-state index is 14.1. The summed E-state index contributed by atoms with van der Waals surface area (Å²) in [4.78, 5) is 31.3. The number of amides is 1. The Hall–Kier alpha value is -3.30. The second-order valence-electron chi connectivity index (χ2n) is 11.1. The van der Waals surface area contributed by atoms with E-state index in [9.17, 15) is 26.4 Å². The summed E-state index contributed by atoms with van der Waals surface area (Å²) in [6.07, 6.45) is -2.21. The number of rotatable bonds is 5. The van der Waals surface area contributed by atoms with E-state index in [-0.39, 0.29) is 38.8 Å². The van der Waals surface area contributed by atoms with Crippen LogP contribution in [0.2, 0.25) is 0 Å². The summed E-state index contributed by atoms with van der Waals surface area (Å²) in [5.41, 5.74) is -0.197. The molecule has 1 atom stereocenters. The summed E-state index contributed by atoms with van der Waals surface area (Å²) in [5.74, 6) is 0.122.